The van der Waals surface area contributed by atoms with Crippen LogP contribution in [0.2, 0.25) is 0 Å². The lowest BCUT2D eigenvalue weighted by atomic mass is 10.0. The Morgan fingerprint density at radius 2 is 2.36 bits per heavy atom. The third-order valence-electron chi connectivity index (χ3n) is 1.85. The number of halogens is 1. The van der Waals surface area contributed by atoms with Gasteiger partial charge in [0.05, 0.1) is 12.2 Å². The van der Waals surface area contributed by atoms with Crippen LogP contribution in [0.4, 0.5) is 0 Å². The Morgan fingerprint density at radius 1 is 1.64 bits per heavy atom. The molecule has 0 aliphatic carbocycles. The monoisotopic (exact) mass is 278 g/mol. The summed E-state index contributed by atoms with van der Waals surface area (Å²) in [4.78, 5) is 1.16. The Hall–Kier alpha value is 0.100. The minimum atomic E-state index is -0.774. The van der Waals surface area contributed by atoms with Crippen LogP contribution >= 0.6 is 27.3 Å². The molecule has 0 saturated carbocycles. The molecule has 1 unspecified atom stereocenters. The molecule has 0 saturated heterocycles. The van der Waals surface area contributed by atoms with Crippen LogP contribution in [0.25, 0.3) is 0 Å². The van der Waals surface area contributed by atoms with Crippen LogP contribution < -0.4 is 0 Å². The van der Waals surface area contributed by atoms with Crippen LogP contribution in [0.5, 0.6) is 0 Å². The van der Waals surface area contributed by atoms with Gasteiger partial charge in [0, 0.05) is 22.4 Å². The van der Waals surface area contributed by atoms with Crippen molar-refractivity contribution in [2.24, 2.45) is 0 Å². The van der Waals surface area contributed by atoms with Gasteiger partial charge in [-0.15, -0.1) is 11.3 Å². The normalized spacial score (nSPS) is 15.4. The number of aliphatic hydroxyl groups is 1. The van der Waals surface area contributed by atoms with Crippen molar-refractivity contribution in [1.29, 1.82) is 0 Å². The van der Waals surface area contributed by atoms with Gasteiger partial charge < -0.3 is 9.84 Å². The van der Waals surface area contributed by atoms with Crippen molar-refractivity contribution < 1.29 is 9.84 Å². The smallest absolute Gasteiger partial charge is 0.0900 e. The third-order valence-corrected chi connectivity index (χ3v) is 3.78. The van der Waals surface area contributed by atoms with Crippen LogP contribution in [-0.2, 0) is 11.2 Å². The fourth-order valence-electron chi connectivity index (χ4n) is 1.17. The highest BCUT2D eigenvalue weighted by molar-refractivity contribution is 9.10. The summed E-state index contributed by atoms with van der Waals surface area (Å²) >= 11 is 5.09. The maximum Gasteiger partial charge on any atom is 0.0900 e. The van der Waals surface area contributed by atoms with E-state index < -0.39 is 5.60 Å². The van der Waals surface area contributed by atoms with E-state index >= 15 is 0 Å². The molecule has 1 N–H and O–H groups in total. The average Bonchev–Trinajstić information content (AvgIpc) is 2.48. The SMILES string of the molecule is CCOCC(C)(O)Cc1sccc1Br. The van der Waals surface area contributed by atoms with Gasteiger partial charge in [-0.2, -0.15) is 0 Å². The van der Waals surface area contributed by atoms with Gasteiger partial charge in [0.15, 0.2) is 0 Å². The second-order valence-corrected chi connectivity index (χ2v) is 5.36. The molecular formula is C10H15BrO2S. The van der Waals surface area contributed by atoms with E-state index in [1.807, 2.05) is 18.4 Å². The summed E-state index contributed by atoms with van der Waals surface area (Å²) in [5.41, 5.74) is -0.774. The Balaban J connectivity index is 2.54. The molecule has 0 spiro atoms. The van der Waals surface area contributed by atoms with Crippen LogP contribution in [0.15, 0.2) is 15.9 Å². The Labute approximate surface area is 97.0 Å². The summed E-state index contributed by atoms with van der Waals surface area (Å²) in [5, 5.41) is 12.0. The summed E-state index contributed by atoms with van der Waals surface area (Å²) in [6.45, 7) is 4.75. The van der Waals surface area contributed by atoms with Crippen LogP contribution in [0.3, 0.4) is 0 Å². The summed E-state index contributed by atoms with van der Waals surface area (Å²) in [6, 6.07) is 2.00. The van der Waals surface area contributed by atoms with Gasteiger partial charge in [-0.05, 0) is 41.2 Å². The molecule has 2 nitrogen and oxygen atoms in total. The van der Waals surface area contributed by atoms with E-state index in [-0.39, 0.29) is 0 Å². The van der Waals surface area contributed by atoms with Crippen molar-refractivity contribution >= 4 is 27.3 Å². The zero-order chi connectivity index (χ0) is 10.6. The van der Waals surface area contributed by atoms with E-state index in [9.17, 15) is 5.11 Å². The first kappa shape index (κ1) is 12.2. The van der Waals surface area contributed by atoms with Gasteiger partial charge in [-0.1, -0.05) is 0 Å². The summed E-state index contributed by atoms with van der Waals surface area (Å²) in [7, 11) is 0. The zero-order valence-electron chi connectivity index (χ0n) is 8.42. The van der Waals surface area contributed by atoms with Gasteiger partial charge >= 0.3 is 0 Å². The fraction of sp³-hybridized carbons (Fsp3) is 0.600. The molecule has 1 heterocycles. The van der Waals surface area contributed by atoms with E-state index in [1.165, 1.54) is 0 Å². The number of thiophene rings is 1. The van der Waals surface area contributed by atoms with E-state index in [0.717, 1.165) is 9.35 Å². The topological polar surface area (TPSA) is 29.5 Å². The molecular weight excluding hydrogens is 264 g/mol. The highest BCUT2D eigenvalue weighted by Gasteiger charge is 2.22. The number of hydrogen-bond donors (Lipinski definition) is 1. The zero-order valence-corrected chi connectivity index (χ0v) is 10.8. The minimum absolute atomic E-state index is 0.383. The first-order chi connectivity index (χ1) is 6.55. The highest BCUT2D eigenvalue weighted by Crippen LogP contribution is 2.26. The molecule has 1 rings (SSSR count). The maximum absolute atomic E-state index is 10.0. The number of hydrogen-bond acceptors (Lipinski definition) is 3. The first-order valence-electron chi connectivity index (χ1n) is 4.57. The molecule has 0 radical (unpaired) electrons. The van der Waals surface area contributed by atoms with Crippen molar-refractivity contribution in [2.75, 3.05) is 13.2 Å². The van der Waals surface area contributed by atoms with Gasteiger partial charge in [-0.25, -0.2) is 0 Å². The lowest BCUT2D eigenvalue weighted by Gasteiger charge is -2.22. The Bertz CT molecular complexity index is 283. The van der Waals surface area contributed by atoms with Gasteiger partial charge in [-0.3, -0.25) is 0 Å². The van der Waals surface area contributed by atoms with Crippen molar-refractivity contribution in [1.82, 2.24) is 0 Å². The van der Waals surface area contributed by atoms with Crippen molar-refractivity contribution in [2.45, 2.75) is 25.9 Å². The largest absolute Gasteiger partial charge is 0.387 e. The second-order valence-electron chi connectivity index (χ2n) is 3.50. The third kappa shape index (κ3) is 3.69. The maximum atomic E-state index is 10.0. The molecule has 0 aromatic carbocycles. The quantitative estimate of drug-likeness (QED) is 0.898. The molecule has 0 amide bonds. The second kappa shape index (κ2) is 5.26. The molecule has 0 fully saturated rings. The predicted molar refractivity (Wildman–Crippen MR) is 62.8 cm³/mol. The number of ether oxygens (including phenoxy) is 1. The Kier molecular flexibility index (Phi) is 4.57. The van der Waals surface area contributed by atoms with Crippen LogP contribution in [0, 0.1) is 0 Å². The summed E-state index contributed by atoms with van der Waals surface area (Å²) in [5.74, 6) is 0. The summed E-state index contributed by atoms with van der Waals surface area (Å²) < 4.78 is 6.30. The van der Waals surface area contributed by atoms with Crippen LogP contribution in [-0.4, -0.2) is 23.9 Å². The van der Waals surface area contributed by atoms with Crippen LogP contribution in [0.1, 0.15) is 18.7 Å². The highest BCUT2D eigenvalue weighted by atomic mass is 79.9. The molecule has 0 aliphatic heterocycles. The molecule has 80 valence electrons. The molecule has 1 aromatic rings. The van der Waals surface area contributed by atoms with Crippen molar-refractivity contribution in [3.8, 4) is 0 Å². The average molecular weight is 279 g/mol. The minimum Gasteiger partial charge on any atom is -0.387 e. The molecule has 0 aliphatic rings. The van der Waals surface area contributed by atoms with Gasteiger partial charge in [0.1, 0.15) is 0 Å². The molecule has 14 heavy (non-hydrogen) atoms. The molecule has 4 heteroatoms. The van der Waals surface area contributed by atoms with Gasteiger partial charge in [0.2, 0.25) is 0 Å². The standard InChI is InChI=1S/C10H15BrO2S/c1-3-13-7-10(2,12)6-9-8(11)4-5-14-9/h4-5,12H,3,6-7H2,1-2H3. The Morgan fingerprint density at radius 3 is 2.86 bits per heavy atom. The molecule has 1 atom stereocenters. The predicted octanol–water partition coefficient (Wildman–Crippen LogP) is 2.84. The lowest BCUT2D eigenvalue weighted by Crippen LogP contribution is -2.33. The fourth-order valence-corrected chi connectivity index (χ4v) is 2.84. The number of rotatable bonds is 5. The molecule has 1 aromatic heterocycles. The van der Waals surface area contributed by atoms with E-state index in [1.54, 1.807) is 18.3 Å². The first-order valence-corrected chi connectivity index (χ1v) is 6.24. The lowest BCUT2D eigenvalue weighted by molar-refractivity contribution is -0.0292. The molecule has 0 bridgehead atoms. The van der Waals surface area contributed by atoms with E-state index in [2.05, 4.69) is 15.9 Å². The van der Waals surface area contributed by atoms with E-state index in [4.69, 9.17) is 4.74 Å². The van der Waals surface area contributed by atoms with Crippen molar-refractivity contribution in [3.05, 3.63) is 20.8 Å². The van der Waals surface area contributed by atoms with Crippen molar-refractivity contribution in [3.63, 3.8) is 0 Å². The van der Waals surface area contributed by atoms with E-state index in [0.29, 0.717) is 19.6 Å². The summed E-state index contributed by atoms with van der Waals surface area (Å²) in [6.07, 6.45) is 0.630. The van der Waals surface area contributed by atoms with Gasteiger partial charge in [0.25, 0.3) is 0 Å².